The van der Waals surface area contributed by atoms with Crippen LogP contribution in [0.2, 0.25) is 0 Å². The van der Waals surface area contributed by atoms with Crippen LogP contribution in [0.25, 0.3) is 4.85 Å². The van der Waals surface area contributed by atoms with Crippen LogP contribution in [-0.2, 0) is 4.79 Å². The van der Waals surface area contributed by atoms with Crippen LogP contribution in [0.15, 0.2) is 23.9 Å². The molecule has 4 heteroatoms. The van der Waals surface area contributed by atoms with Crippen LogP contribution in [0, 0.1) is 16.9 Å². The topological polar surface area (TPSA) is 33.5 Å². The number of nitrogens with zero attached hydrogens (tertiary/aromatic N) is 1. The van der Waals surface area contributed by atoms with Crippen molar-refractivity contribution >= 4 is 17.5 Å². The van der Waals surface area contributed by atoms with Gasteiger partial charge >= 0.3 is 6.07 Å². The Morgan fingerprint density at radius 1 is 1.50 bits per heavy atom. The minimum atomic E-state index is -0.182. The largest absolute Gasteiger partial charge is 0.328 e. The summed E-state index contributed by atoms with van der Waals surface area (Å²) in [6.07, 6.45) is 3.54. The Kier molecular flexibility index (Phi) is 5.42. The molecule has 0 saturated carbocycles. The molecule has 1 aliphatic rings. The highest BCUT2D eigenvalue weighted by molar-refractivity contribution is 6.27. The van der Waals surface area contributed by atoms with Crippen molar-refractivity contribution in [2.24, 2.45) is 10.8 Å². The zero-order valence-corrected chi connectivity index (χ0v) is 13.6. The second kappa shape index (κ2) is 6.45. The monoisotopic (exact) mass is 295 g/mol. The Labute approximate surface area is 126 Å². The summed E-state index contributed by atoms with van der Waals surface area (Å²) < 4.78 is 0. The maximum atomic E-state index is 11.6. The fourth-order valence-electron chi connectivity index (χ4n) is 3.04. The lowest BCUT2D eigenvalue weighted by Gasteiger charge is -2.40. The maximum absolute atomic E-state index is 11.6. The van der Waals surface area contributed by atoms with Crippen molar-refractivity contribution in [2.75, 3.05) is 12.4 Å². The third kappa shape index (κ3) is 4.38. The molecule has 0 heterocycles. The molecule has 0 aromatic heterocycles. The summed E-state index contributed by atoms with van der Waals surface area (Å²) in [5.41, 5.74) is 1.91. The fraction of sp³-hybridized carbons (Fsp3) is 0.625. The van der Waals surface area contributed by atoms with E-state index in [1.54, 1.807) is 6.08 Å². The van der Waals surface area contributed by atoms with Crippen LogP contribution in [-0.4, -0.2) is 18.3 Å². The molecule has 1 N–H and O–H groups in total. The predicted molar refractivity (Wildman–Crippen MR) is 85.0 cm³/mol. The molecule has 0 radical (unpaired) electrons. The third-order valence-electron chi connectivity index (χ3n) is 3.38. The van der Waals surface area contributed by atoms with Gasteiger partial charge in [-0.3, -0.25) is 4.79 Å². The van der Waals surface area contributed by atoms with Gasteiger partial charge in [0.15, 0.2) is 0 Å². The molecule has 0 atom stereocenters. The zero-order valence-electron chi connectivity index (χ0n) is 12.8. The average Bonchev–Trinajstić information content (AvgIpc) is 2.30. The molecule has 0 fully saturated rings. The van der Waals surface area contributed by atoms with Gasteiger partial charge in [0, 0.05) is 11.1 Å². The van der Waals surface area contributed by atoms with Crippen molar-refractivity contribution in [3.05, 3.63) is 28.8 Å². The van der Waals surface area contributed by atoms with Crippen molar-refractivity contribution in [1.29, 1.82) is 0 Å². The number of hydrogen-bond donors (Lipinski definition) is 1. The highest BCUT2D eigenvalue weighted by Gasteiger charge is 2.41. The van der Waals surface area contributed by atoms with Gasteiger partial charge in [-0.15, -0.1) is 11.6 Å². The Morgan fingerprint density at radius 3 is 2.70 bits per heavy atom. The molecule has 3 nitrogen and oxygen atoms in total. The lowest BCUT2D eigenvalue weighted by molar-refractivity contribution is -0.118. The van der Waals surface area contributed by atoms with E-state index >= 15 is 0 Å². The summed E-state index contributed by atoms with van der Waals surface area (Å²) in [6.45, 7) is 12.9. The van der Waals surface area contributed by atoms with Crippen LogP contribution in [0.4, 0.5) is 0 Å². The van der Waals surface area contributed by atoms with E-state index < -0.39 is 0 Å². The molecule has 0 saturated heterocycles. The number of carbonyl (C=O) groups excluding carboxylic acids is 1. The number of allylic oxidation sites excluding steroid dienone is 2. The van der Waals surface area contributed by atoms with Gasteiger partial charge in [0.25, 0.3) is 6.54 Å². The van der Waals surface area contributed by atoms with Crippen molar-refractivity contribution < 1.29 is 4.79 Å². The molecule has 0 aromatic carbocycles. The van der Waals surface area contributed by atoms with Crippen molar-refractivity contribution in [3.8, 4) is 6.07 Å². The first kappa shape index (κ1) is 16.8. The number of hydrogen-bond acceptors (Lipinski definition) is 1. The molecule has 20 heavy (non-hydrogen) atoms. The Bertz CT molecular complexity index is 492. The van der Waals surface area contributed by atoms with Crippen LogP contribution in [0.3, 0.4) is 0 Å². The summed E-state index contributed by atoms with van der Waals surface area (Å²) in [4.78, 5) is 15.9. The van der Waals surface area contributed by atoms with Gasteiger partial charge in [0.2, 0.25) is 5.91 Å². The number of amides is 1. The molecule has 0 bridgehead atoms. The SMILES string of the molecule is C=CC[N+]#CC1=C(NC(=O)CCl)CC(C)(C)CC1(C)C. The Balaban J connectivity index is 3.23. The van der Waals surface area contributed by atoms with Gasteiger partial charge in [-0.05, 0) is 24.3 Å². The molecular formula is C16H24ClN2O+. The minimum absolute atomic E-state index is 0.0402. The van der Waals surface area contributed by atoms with Crippen LogP contribution in [0.5, 0.6) is 0 Å². The van der Waals surface area contributed by atoms with E-state index in [1.807, 2.05) is 0 Å². The van der Waals surface area contributed by atoms with E-state index in [1.165, 1.54) is 0 Å². The Hall–Kier alpha value is -1.27. The second-order valence-electron chi connectivity index (χ2n) is 6.68. The molecule has 0 aromatic rings. The van der Waals surface area contributed by atoms with Gasteiger partial charge in [-0.2, -0.15) is 0 Å². The minimum Gasteiger partial charge on any atom is -0.328 e. The highest BCUT2D eigenvalue weighted by atomic mass is 35.5. The lowest BCUT2D eigenvalue weighted by atomic mass is 9.64. The van der Waals surface area contributed by atoms with Gasteiger partial charge in [0.1, 0.15) is 11.5 Å². The fourth-order valence-corrected chi connectivity index (χ4v) is 3.11. The summed E-state index contributed by atoms with van der Waals surface area (Å²) in [5, 5.41) is 2.92. The van der Waals surface area contributed by atoms with E-state index in [9.17, 15) is 4.79 Å². The van der Waals surface area contributed by atoms with Gasteiger partial charge in [-0.25, -0.2) is 0 Å². The summed E-state index contributed by atoms with van der Waals surface area (Å²) in [7, 11) is 0. The van der Waals surface area contributed by atoms with E-state index in [0.717, 1.165) is 24.1 Å². The molecule has 1 aliphatic carbocycles. The van der Waals surface area contributed by atoms with E-state index in [0.29, 0.717) is 6.54 Å². The number of rotatable bonds is 3. The maximum Gasteiger partial charge on any atom is 0.309 e. The summed E-state index contributed by atoms with van der Waals surface area (Å²) in [5.74, 6) is -0.222. The van der Waals surface area contributed by atoms with Crippen molar-refractivity contribution in [2.45, 2.75) is 40.5 Å². The molecule has 110 valence electrons. The molecule has 0 spiro atoms. The van der Waals surface area contributed by atoms with Crippen molar-refractivity contribution in [3.63, 3.8) is 0 Å². The molecule has 0 unspecified atom stereocenters. The van der Waals surface area contributed by atoms with E-state index in [2.05, 4.69) is 50.5 Å². The number of alkyl halides is 1. The standard InChI is InChI=1S/C16H23ClN2O/c1-6-7-18-10-12-13(19-14(20)9-17)8-15(2,3)11-16(12,4)5/h6H,1,7-9,11H2,2-5H3/p+1. The lowest BCUT2D eigenvalue weighted by Crippen LogP contribution is -2.37. The van der Waals surface area contributed by atoms with Gasteiger partial charge in [-0.1, -0.05) is 39.1 Å². The molecule has 0 aliphatic heterocycles. The van der Waals surface area contributed by atoms with Crippen LogP contribution >= 0.6 is 11.6 Å². The molecule has 1 amide bonds. The van der Waals surface area contributed by atoms with E-state index in [-0.39, 0.29) is 22.6 Å². The second-order valence-corrected chi connectivity index (χ2v) is 6.95. The molecule has 1 rings (SSSR count). The number of carbonyl (C=O) groups is 1. The third-order valence-corrected chi connectivity index (χ3v) is 3.62. The Morgan fingerprint density at radius 2 is 2.15 bits per heavy atom. The van der Waals surface area contributed by atoms with Crippen LogP contribution in [0.1, 0.15) is 40.5 Å². The van der Waals surface area contributed by atoms with Gasteiger partial charge in [0.05, 0.1) is 0 Å². The first-order valence-electron chi connectivity index (χ1n) is 6.85. The summed E-state index contributed by atoms with van der Waals surface area (Å²) in [6, 6.07) is 3.11. The smallest absolute Gasteiger partial charge is 0.309 e. The highest BCUT2D eigenvalue weighted by Crippen LogP contribution is 2.48. The first-order valence-corrected chi connectivity index (χ1v) is 7.38. The number of halogens is 1. The average molecular weight is 296 g/mol. The van der Waals surface area contributed by atoms with Crippen LogP contribution < -0.4 is 5.32 Å². The molecular weight excluding hydrogens is 272 g/mol. The summed E-state index contributed by atoms with van der Waals surface area (Å²) >= 11 is 5.60. The van der Waals surface area contributed by atoms with Crippen molar-refractivity contribution in [1.82, 2.24) is 5.32 Å². The number of nitrogens with one attached hydrogen (secondary N) is 1. The van der Waals surface area contributed by atoms with E-state index in [4.69, 9.17) is 11.6 Å². The quantitative estimate of drug-likeness (QED) is 0.620. The normalized spacial score (nSPS) is 19.9. The van der Waals surface area contributed by atoms with Gasteiger partial charge < -0.3 is 5.32 Å². The zero-order chi connectivity index (χ0) is 15.4. The predicted octanol–water partition coefficient (Wildman–Crippen LogP) is 3.96. The first-order chi connectivity index (χ1) is 9.22.